The maximum Gasteiger partial charge on any atom is 0.317 e. The van der Waals surface area contributed by atoms with Gasteiger partial charge in [0.05, 0.1) is 7.11 Å². The van der Waals surface area contributed by atoms with E-state index in [4.69, 9.17) is 9.84 Å². The summed E-state index contributed by atoms with van der Waals surface area (Å²) in [5.41, 5.74) is 3.32. The molecule has 0 fully saturated rings. The third-order valence-corrected chi connectivity index (χ3v) is 5.09. The Labute approximate surface area is 165 Å². The summed E-state index contributed by atoms with van der Waals surface area (Å²) in [5, 5.41) is 12.1. The van der Waals surface area contributed by atoms with Gasteiger partial charge in [0.2, 0.25) is 0 Å². The topological polar surface area (TPSA) is 78.9 Å². The molecule has 0 spiro atoms. The number of nitrogens with zero attached hydrogens (tertiary/aromatic N) is 1. The van der Waals surface area contributed by atoms with Gasteiger partial charge in [0.15, 0.2) is 0 Å². The van der Waals surface area contributed by atoms with Crippen molar-refractivity contribution in [2.45, 2.75) is 38.3 Å². The first-order valence-electron chi connectivity index (χ1n) is 9.52. The number of ether oxygens (including phenoxy) is 1. The molecule has 0 aliphatic carbocycles. The van der Waals surface area contributed by atoms with Gasteiger partial charge in [-0.1, -0.05) is 42.5 Å². The van der Waals surface area contributed by atoms with E-state index < -0.39 is 5.97 Å². The number of carbonyl (C=O) groups excluding carboxylic acids is 1. The van der Waals surface area contributed by atoms with Crippen molar-refractivity contribution < 1.29 is 19.4 Å². The molecule has 1 heterocycles. The molecule has 2 aromatic carbocycles. The second-order valence-corrected chi connectivity index (χ2v) is 7.04. The predicted molar refractivity (Wildman–Crippen MR) is 106 cm³/mol. The predicted octanol–water partition coefficient (Wildman–Crippen LogP) is 3.24. The molecule has 1 aliphatic heterocycles. The molecule has 148 valence electrons. The number of aliphatic carboxylic acids is 1. The molecule has 6 heteroatoms. The maximum atomic E-state index is 12.8. The van der Waals surface area contributed by atoms with Gasteiger partial charge in [-0.15, -0.1) is 0 Å². The van der Waals surface area contributed by atoms with Crippen LogP contribution in [-0.4, -0.2) is 41.7 Å². The van der Waals surface area contributed by atoms with Crippen LogP contribution in [0.3, 0.4) is 0 Å². The molecule has 2 aromatic rings. The molecule has 6 nitrogen and oxygen atoms in total. The average Bonchev–Trinajstić information content (AvgIpc) is 2.71. The highest BCUT2D eigenvalue weighted by molar-refractivity contribution is 5.75. The van der Waals surface area contributed by atoms with Crippen molar-refractivity contribution in [3.8, 4) is 5.75 Å². The number of urea groups is 1. The molecule has 0 bridgehead atoms. The van der Waals surface area contributed by atoms with Crippen LogP contribution < -0.4 is 10.1 Å². The van der Waals surface area contributed by atoms with E-state index >= 15 is 0 Å². The van der Waals surface area contributed by atoms with Crippen molar-refractivity contribution >= 4 is 12.0 Å². The number of carbonyl (C=O) groups is 2. The van der Waals surface area contributed by atoms with Gasteiger partial charge in [-0.3, -0.25) is 4.79 Å². The van der Waals surface area contributed by atoms with Gasteiger partial charge in [-0.2, -0.15) is 0 Å². The fourth-order valence-corrected chi connectivity index (χ4v) is 3.63. The number of rotatable bonds is 7. The van der Waals surface area contributed by atoms with E-state index in [-0.39, 0.29) is 18.5 Å². The molecule has 1 aliphatic rings. The van der Waals surface area contributed by atoms with Crippen LogP contribution in [0.4, 0.5) is 4.79 Å². The van der Waals surface area contributed by atoms with Gasteiger partial charge < -0.3 is 20.1 Å². The van der Waals surface area contributed by atoms with Crippen LogP contribution >= 0.6 is 0 Å². The summed E-state index contributed by atoms with van der Waals surface area (Å²) < 4.78 is 5.42. The summed E-state index contributed by atoms with van der Waals surface area (Å²) in [5.74, 6) is 0.00674. The zero-order valence-corrected chi connectivity index (χ0v) is 16.1. The number of fused-ring (bicyclic) bond motifs is 1. The van der Waals surface area contributed by atoms with E-state index in [0.29, 0.717) is 25.9 Å². The Kier molecular flexibility index (Phi) is 6.53. The number of methoxy groups -OCH3 is 1. The summed E-state index contributed by atoms with van der Waals surface area (Å²) in [6, 6.07) is 15.3. The lowest BCUT2D eigenvalue weighted by atomic mass is 9.98. The van der Waals surface area contributed by atoms with Crippen molar-refractivity contribution in [1.29, 1.82) is 0 Å². The third kappa shape index (κ3) is 5.03. The van der Waals surface area contributed by atoms with E-state index in [1.807, 2.05) is 48.5 Å². The Balaban J connectivity index is 1.66. The minimum atomic E-state index is -0.855. The van der Waals surface area contributed by atoms with Crippen molar-refractivity contribution in [3.63, 3.8) is 0 Å². The van der Waals surface area contributed by atoms with Crippen LogP contribution in [0, 0.1) is 0 Å². The Morgan fingerprint density at radius 1 is 1.18 bits per heavy atom. The average molecular weight is 382 g/mol. The summed E-state index contributed by atoms with van der Waals surface area (Å²) >= 11 is 0. The first-order chi connectivity index (χ1) is 13.6. The second-order valence-electron chi connectivity index (χ2n) is 7.04. The Morgan fingerprint density at radius 3 is 2.68 bits per heavy atom. The number of carboxylic acids is 1. The largest absolute Gasteiger partial charge is 0.496 e. The second kappa shape index (κ2) is 9.26. The molecule has 1 unspecified atom stereocenters. The maximum absolute atomic E-state index is 12.8. The van der Waals surface area contributed by atoms with Crippen molar-refractivity contribution in [2.75, 3.05) is 13.7 Å². The van der Waals surface area contributed by atoms with Crippen LogP contribution in [0.1, 0.15) is 29.5 Å². The number of benzene rings is 2. The highest BCUT2D eigenvalue weighted by Crippen LogP contribution is 2.27. The van der Waals surface area contributed by atoms with E-state index in [0.717, 1.165) is 28.9 Å². The van der Waals surface area contributed by atoms with Gasteiger partial charge in [-0.05, 0) is 36.5 Å². The number of hydrogen-bond donors (Lipinski definition) is 2. The lowest BCUT2D eigenvalue weighted by Crippen LogP contribution is -2.47. The lowest BCUT2D eigenvalue weighted by Gasteiger charge is -2.31. The molecule has 2 N–H and O–H groups in total. The van der Waals surface area contributed by atoms with E-state index in [9.17, 15) is 9.59 Å². The number of amides is 2. The van der Waals surface area contributed by atoms with Crippen molar-refractivity contribution in [3.05, 3.63) is 65.2 Å². The SMILES string of the molecule is COc1cccc2c1CCN(C(=O)NC(CCC(=O)O)Cc1ccccc1)C2. The van der Waals surface area contributed by atoms with E-state index in [1.165, 1.54) is 0 Å². The van der Waals surface area contributed by atoms with Crippen molar-refractivity contribution in [2.24, 2.45) is 0 Å². The minimum absolute atomic E-state index is 0.0256. The van der Waals surface area contributed by atoms with Gasteiger partial charge in [0.25, 0.3) is 0 Å². The summed E-state index contributed by atoms with van der Waals surface area (Å²) in [6.07, 6.45) is 1.77. The summed E-state index contributed by atoms with van der Waals surface area (Å²) in [4.78, 5) is 25.6. The molecule has 0 saturated carbocycles. The smallest absolute Gasteiger partial charge is 0.317 e. The van der Waals surface area contributed by atoms with Gasteiger partial charge in [-0.25, -0.2) is 4.79 Å². The summed E-state index contributed by atoms with van der Waals surface area (Å²) in [7, 11) is 1.66. The quantitative estimate of drug-likeness (QED) is 0.771. The van der Waals surface area contributed by atoms with Gasteiger partial charge in [0, 0.05) is 31.1 Å². The van der Waals surface area contributed by atoms with Crippen LogP contribution in [-0.2, 0) is 24.2 Å². The van der Waals surface area contributed by atoms with E-state index in [2.05, 4.69) is 5.32 Å². The zero-order chi connectivity index (χ0) is 19.9. The summed E-state index contributed by atoms with van der Waals surface area (Å²) in [6.45, 7) is 1.13. The molecular weight excluding hydrogens is 356 g/mol. The number of hydrogen-bond acceptors (Lipinski definition) is 3. The van der Waals surface area contributed by atoms with Crippen LogP contribution in [0.2, 0.25) is 0 Å². The van der Waals surface area contributed by atoms with Gasteiger partial charge >= 0.3 is 12.0 Å². The Morgan fingerprint density at radius 2 is 1.96 bits per heavy atom. The standard InChI is InChI=1S/C22H26N2O4/c1-28-20-9-5-8-17-15-24(13-12-19(17)20)22(27)23-18(10-11-21(25)26)14-16-6-3-2-4-7-16/h2-9,18H,10-15H2,1H3,(H,23,27)(H,25,26). The van der Waals surface area contributed by atoms with Crippen LogP contribution in [0.15, 0.2) is 48.5 Å². The normalized spacial score (nSPS) is 14.1. The third-order valence-electron chi connectivity index (χ3n) is 5.09. The Hall–Kier alpha value is -3.02. The Bertz CT molecular complexity index is 823. The first-order valence-corrected chi connectivity index (χ1v) is 9.52. The number of carboxylic acid groups (broad SMARTS) is 1. The van der Waals surface area contributed by atoms with Crippen LogP contribution in [0.5, 0.6) is 5.75 Å². The highest BCUT2D eigenvalue weighted by Gasteiger charge is 2.24. The fourth-order valence-electron chi connectivity index (χ4n) is 3.63. The molecule has 0 radical (unpaired) electrons. The monoisotopic (exact) mass is 382 g/mol. The van der Waals surface area contributed by atoms with Crippen molar-refractivity contribution in [1.82, 2.24) is 10.2 Å². The molecule has 3 rings (SSSR count). The van der Waals surface area contributed by atoms with E-state index in [1.54, 1.807) is 12.0 Å². The molecule has 0 aromatic heterocycles. The molecule has 1 atom stereocenters. The molecular formula is C22H26N2O4. The molecule has 0 saturated heterocycles. The molecule has 2 amide bonds. The highest BCUT2D eigenvalue weighted by atomic mass is 16.5. The number of nitrogens with one attached hydrogen (secondary N) is 1. The zero-order valence-electron chi connectivity index (χ0n) is 16.1. The first kappa shape index (κ1) is 19.7. The van der Waals surface area contributed by atoms with Crippen LogP contribution in [0.25, 0.3) is 0 Å². The lowest BCUT2D eigenvalue weighted by molar-refractivity contribution is -0.137. The fraction of sp³-hybridized carbons (Fsp3) is 0.364. The van der Waals surface area contributed by atoms with Gasteiger partial charge in [0.1, 0.15) is 5.75 Å². The minimum Gasteiger partial charge on any atom is -0.496 e. The molecule has 28 heavy (non-hydrogen) atoms.